The Morgan fingerprint density at radius 2 is 2.04 bits per heavy atom. The Morgan fingerprint density at radius 1 is 1.22 bits per heavy atom. The van der Waals surface area contributed by atoms with Gasteiger partial charge in [0.25, 0.3) is 0 Å². The quantitative estimate of drug-likeness (QED) is 0.479. The molecule has 0 spiro atoms. The van der Waals surface area contributed by atoms with Gasteiger partial charge >= 0.3 is 0 Å². The third kappa shape index (κ3) is 3.33. The summed E-state index contributed by atoms with van der Waals surface area (Å²) in [6, 6.07) is 12.0. The lowest BCUT2D eigenvalue weighted by molar-refractivity contribution is -0.115. The van der Waals surface area contributed by atoms with Gasteiger partial charge in [-0.1, -0.05) is 36.9 Å². The average molecular weight is 397 g/mol. The first-order valence-corrected chi connectivity index (χ1v) is 10.6. The molecular weight excluding hydrogens is 376 g/mol. The van der Waals surface area contributed by atoms with E-state index in [0.717, 1.165) is 33.1 Å². The van der Waals surface area contributed by atoms with Crippen LogP contribution in [0, 0.1) is 13.8 Å². The van der Waals surface area contributed by atoms with Crippen molar-refractivity contribution in [3.05, 3.63) is 53.2 Å². The molecule has 7 heteroatoms. The number of hydrogen-bond donors (Lipinski definition) is 1. The van der Waals surface area contributed by atoms with E-state index in [-0.39, 0.29) is 11.2 Å². The fraction of sp³-hybridized carbons (Fsp3) is 0.250. The second-order valence-electron chi connectivity index (χ2n) is 6.41. The molecule has 0 saturated carbocycles. The molecule has 4 rings (SSSR count). The smallest absolute Gasteiger partial charge is 0.237 e. The lowest BCUT2D eigenvalue weighted by Gasteiger charge is -2.16. The van der Waals surface area contributed by atoms with E-state index in [1.807, 2.05) is 45.0 Å². The largest absolute Gasteiger partial charge is 0.325 e. The minimum atomic E-state index is -0.238. The van der Waals surface area contributed by atoms with E-state index in [4.69, 9.17) is 0 Å². The molecule has 0 aliphatic rings. The van der Waals surface area contributed by atoms with Crippen molar-refractivity contribution in [2.45, 2.75) is 37.5 Å². The number of aryl methyl sites for hydroxylation is 2. The van der Waals surface area contributed by atoms with Crippen LogP contribution in [0.1, 0.15) is 24.7 Å². The number of amides is 1. The fourth-order valence-electron chi connectivity index (χ4n) is 3.11. The van der Waals surface area contributed by atoms with Crippen LogP contribution in [-0.2, 0) is 4.79 Å². The third-order valence-corrected chi connectivity index (χ3v) is 6.77. The zero-order valence-electron chi connectivity index (χ0n) is 15.4. The zero-order chi connectivity index (χ0) is 19.0. The molecule has 4 aromatic rings. The summed E-state index contributed by atoms with van der Waals surface area (Å²) < 4.78 is 3.32. The number of hydrogen-bond acceptors (Lipinski definition) is 5. The maximum Gasteiger partial charge on any atom is 0.237 e. The van der Waals surface area contributed by atoms with Crippen LogP contribution in [0.2, 0.25) is 0 Å². The number of para-hydroxylation sites is 1. The van der Waals surface area contributed by atoms with Crippen molar-refractivity contribution < 1.29 is 4.79 Å². The Balaban J connectivity index is 1.64. The molecule has 0 radical (unpaired) electrons. The number of nitrogens with zero attached hydrogens (tertiary/aromatic N) is 3. The van der Waals surface area contributed by atoms with Crippen molar-refractivity contribution >= 4 is 50.4 Å². The standard InChI is InChI=1S/C20H20N4OS2/c1-4-17(19(25)21-14-8-6-5-7-12(14)2)27-20-16-11-18-15(9-10-26-18)24(16)13(3)22-23-20/h5-11,17H,4H2,1-3H3,(H,21,25). The van der Waals surface area contributed by atoms with Gasteiger partial charge in [0.05, 0.1) is 21.0 Å². The topological polar surface area (TPSA) is 59.3 Å². The highest BCUT2D eigenvalue weighted by Gasteiger charge is 2.22. The number of aromatic nitrogens is 3. The predicted molar refractivity (Wildman–Crippen MR) is 113 cm³/mol. The van der Waals surface area contributed by atoms with Gasteiger partial charge in [0.2, 0.25) is 5.91 Å². The fourth-order valence-corrected chi connectivity index (χ4v) is 4.88. The molecule has 0 aliphatic heterocycles. The van der Waals surface area contributed by atoms with Crippen molar-refractivity contribution in [1.82, 2.24) is 14.6 Å². The number of nitrogens with one attached hydrogen (secondary N) is 1. The van der Waals surface area contributed by atoms with Crippen molar-refractivity contribution in [3.63, 3.8) is 0 Å². The van der Waals surface area contributed by atoms with Crippen LogP contribution in [0.25, 0.3) is 15.7 Å². The molecule has 1 unspecified atom stereocenters. The van der Waals surface area contributed by atoms with Crippen LogP contribution in [-0.4, -0.2) is 25.8 Å². The number of thioether (sulfide) groups is 1. The van der Waals surface area contributed by atoms with Gasteiger partial charge in [0, 0.05) is 5.69 Å². The Kier molecular flexibility index (Phi) is 4.88. The summed E-state index contributed by atoms with van der Waals surface area (Å²) in [6.07, 6.45) is 0.708. The van der Waals surface area contributed by atoms with Gasteiger partial charge in [0.1, 0.15) is 10.9 Å². The summed E-state index contributed by atoms with van der Waals surface area (Å²) in [4.78, 5) is 12.8. The second kappa shape index (κ2) is 7.32. The number of rotatable bonds is 5. The summed E-state index contributed by atoms with van der Waals surface area (Å²) in [5, 5.41) is 14.4. The van der Waals surface area contributed by atoms with Gasteiger partial charge in [-0.15, -0.1) is 21.5 Å². The number of thiophene rings is 1. The second-order valence-corrected chi connectivity index (χ2v) is 8.55. The van der Waals surface area contributed by atoms with Gasteiger partial charge in [-0.2, -0.15) is 0 Å². The van der Waals surface area contributed by atoms with Crippen LogP contribution < -0.4 is 5.32 Å². The van der Waals surface area contributed by atoms with E-state index >= 15 is 0 Å². The van der Waals surface area contributed by atoms with Crippen LogP contribution in [0.4, 0.5) is 5.69 Å². The number of carbonyl (C=O) groups is 1. The number of fused-ring (bicyclic) bond motifs is 3. The van der Waals surface area contributed by atoms with Gasteiger partial charge in [0.15, 0.2) is 0 Å². The minimum absolute atomic E-state index is 0.00862. The molecule has 3 heterocycles. The molecule has 1 N–H and O–H groups in total. The first-order chi connectivity index (χ1) is 13.1. The first-order valence-electron chi connectivity index (χ1n) is 8.83. The average Bonchev–Trinajstić information content (AvgIpc) is 3.24. The summed E-state index contributed by atoms with van der Waals surface area (Å²) in [5.74, 6) is 0.839. The van der Waals surface area contributed by atoms with Crippen molar-refractivity contribution in [2.75, 3.05) is 5.32 Å². The van der Waals surface area contributed by atoms with Crippen LogP contribution in [0.5, 0.6) is 0 Å². The lowest BCUT2D eigenvalue weighted by Crippen LogP contribution is -2.25. The lowest BCUT2D eigenvalue weighted by atomic mass is 10.2. The molecule has 0 aliphatic carbocycles. The summed E-state index contributed by atoms with van der Waals surface area (Å²) in [6.45, 7) is 5.96. The Morgan fingerprint density at radius 3 is 2.81 bits per heavy atom. The highest BCUT2D eigenvalue weighted by atomic mass is 32.2. The maximum atomic E-state index is 12.8. The van der Waals surface area contributed by atoms with Crippen LogP contribution in [0.15, 0.2) is 46.8 Å². The van der Waals surface area contributed by atoms with Gasteiger partial charge in [-0.25, -0.2) is 0 Å². The molecular formula is C20H20N4OS2. The van der Waals surface area contributed by atoms with Crippen molar-refractivity contribution in [2.24, 2.45) is 0 Å². The molecule has 3 aromatic heterocycles. The summed E-state index contributed by atoms with van der Waals surface area (Å²) in [7, 11) is 0. The Bertz CT molecular complexity index is 1130. The normalized spacial score (nSPS) is 12.6. The molecule has 138 valence electrons. The SMILES string of the molecule is CCC(Sc1nnc(C)n2c1cc1sccc12)C(=O)Nc1ccccc1C. The van der Waals surface area contributed by atoms with E-state index in [1.54, 1.807) is 11.3 Å². The van der Waals surface area contributed by atoms with E-state index in [0.29, 0.717) is 6.42 Å². The van der Waals surface area contributed by atoms with Crippen LogP contribution in [0.3, 0.4) is 0 Å². The molecule has 0 saturated heterocycles. The molecule has 0 bridgehead atoms. The Labute approximate surface area is 165 Å². The molecule has 1 aromatic carbocycles. The number of carbonyl (C=O) groups excluding carboxylic acids is 1. The van der Waals surface area contributed by atoms with Crippen LogP contribution >= 0.6 is 23.1 Å². The highest BCUT2D eigenvalue weighted by Crippen LogP contribution is 2.33. The van der Waals surface area contributed by atoms with E-state index in [2.05, 4.69) is 37.4 Å². The van der Waals surface area contributed by atoms with Gasteiger partial charge < -0.3 is 5.32 Å². The summed E-state index contributed by atoms with van der Waals surface area (Å²) in [5.41, 5.74) is 4.05. The molecule has 27 heavy (non-hydrogen) atoms. The maximum absolute atomic E-state index is 12.8. The Hall–Kier alpha value is -2.38. The molecule has 1 atom stereocenters. The van der Waals surface area contributed by atoms with E-state index < -0.39 is 0 Å². The van der Waals surface area contributed by atoms with Crippen molar-refractivity contribution in [3.8, 4) is 0 Å². The van der Waals surface area contributed by atoms with Crippen molar-refractivity contribution in [1.29, 1.82) is 0 Å². The number of anilines is 1. The minimum Gasteiger partial charge on any atom is -0.325 e. The highest BCUT2D eigenvalue weighted by molar-refractivity contribution is 8.00. The predicted octanol–water partition coefficient (Wildman–Crippen LogP) is 5.07. The zero-order valence-corrected chi connectivity index (χ0v) is 17.0. The number of benzene rings is 1. The first kappa shape index (κ1) is 18.0. The molecule has 1 amide bonds. The van der Waals surface area contributed by atoms with Gasteiger partial charge in [-0.3, -0.25) is 9.20 Å². The molecule has 5 nitrogen and oxygen atoms in total. The summed E-state index contributed by atoms with van der Waals surface area (Å²) >= 11 is 3.18. The third-order valence-electron chi connectivity index (χ3n) is 4.57. The van der Waals surface area contributed by atoms with E-state index in [9.17, 15) is 4.79 Å². The van der Waals surface area contributed by atoms with Gasteiger partial charge in [-0.05, 0) is 49.4 Å². The molecule has 0 fully saturated rings. The van der Waals surface area contributed by atoms with E-state index in [1.165, 1.54) is 16.5 Å². The monoisotopic (exact) mass is 396 g/mol.